The van der Waals surface area contributed by atoms with Gasteiger partial charge in [0, 0.05) is 5.92 Å². The SMILES string of the molecule is C[C@@H]1[C@@H](C(N)=O)[C@@H]2C=C[C@H]1C2. The summed E-state index contributed by atoms with van der Waals surface area (Å²) in [6.07, 6.45) is 5.53. The van der Waals surface area contributed by atoms with Crippen molar-refractivity contribution in [1.29, 1.82) is 0 Å². The van der Waals surface area contributed by atoms with Gasteiger partial charge in [0.15, 0.2) is 0 Å². The minimum Gasteiger partial charge on any atom is -0.369 e. The normalized spacial score (nSPS) is 46.6. The van der Waals surface area contributed by atoms with Gasteiger partial charge in [-0.1, -0.05) is 19.1 Å². The van der Waals surface area contributed by atoms with E-state index >= 15 is 0 Å². The van der Waals surface area contributed by atoms with Gasteiger partial charge in [0.25, 0.3) is 0 Å². The first kappa shape index (κ1) is 6.89. The van der Waals surface area contributed by atoms with Crippen LogP contribution in [0.1, 0.15) is 13.3 Å². The third-order valence-corrected chi connectivity index (χ3v) is 3.18. The molecule has 1 amide bonds. The number of carbonyl (C=O) groups excluding carboxylic acids is 1. The highest BCUT2D eigenvalue weighted by atomic mass is 16.1. The minimum atomic E-state index is -0.116. The molecule has 0 spiro atoms. The number of fused-ring (bicyclic) bond motifs is 2. The van der Waals surface area contributed by atoms with Crippen LogP contribution in [0, 0.1) is 23.7 Å². The highest BCUT2D eigenvalue weighted by molar-refractivity contribution is 5.78. The van der Waals surface area contributed by atoms with Gasteiger partial charge in [0.05, 0.1) is 0 Å². The van der Waals surface area contributed by atoms with Crippen LogP contribution in [-0.4, -0.2) is 5.91 Å². The summed E-state index contributed by atoms with van der Waals surface area (Å²) in [5, 5.41) is 0. The topological polar surface area (TPSA) is 43.1 Å². The van der Waals surface area contributed by atoms with Crippen LogP contribution in [-0.2, 0) is 4.79 Å². The second-order valence-electron chi connectivity index (χ2n) is 3.74. The number of primary amides is 1. The van der Waals surface area contributed by atoms with Crippen LogP contribution in [0.3, 0.4) is 0 Å². The van der Waals surface area contributed by atoms with Crippen LogP contribution in [0.4, 0.5) is 0 Å². The van der Waals surface area contributed by atoms with E-state index < -0.39 is 0 Å². The van der Waals surface area contributed by atoms with Crippen molar-refractivity contribution in [2.45, 2.75) is 13.3 Å². The monoisotopic (exact) mass is 151 g/mol. The molecule has 60 valence electrons. The second kappa shape index (κ2) is 2.10. The van der Waals surface area contributed by atoms with Crippen LogP contribution in [0.25, 0.3) is 0 Å². The summed E-state index contributed by atoms with van der Waals surface area (Å²) >= 11 is 0. The molecule has 0 radical (unpaired) electrons. The van der Waals surface area contributed by atoms with Gasteiger partial charge in [0.2, 0.25) is 5.91 Å². The van der Waals surface area contributed by atoms with Gasteiger partial charge < -0.3 is 5.73 Å². The maximum absolute atomic E-state index is 11.0. The van der Waals surface area contributed by atoms with Crippen LogP contribution in [0.2, 0.25) is 0 Å². The molecule has 4 atom stereocenters. The molecule has 0 aromatic heterocycles. The van der Waals surface area contributed by atoms with Crippen molar-refractivity contribution >= 4 is 5.91 Å². The predicted molar refractivity (Wildman–Crippen MR) is 42.6 cm³/mol. The van der Waals surface area contributed by atoms with E-state index in [0.717, 1.165) is 6.42 Å². The Hall–Kier alpha value is -0.790. The number of nitrogens with two attached hydrogens (primary N) is 1. The number of carbonyl (C=O) groups is 1. The van der Waals surface area contributed by atoms with E-state index in [-0.39, 0.29) is 11.8 Å². The van der Waals surface area contributed by atoms with Crippen molar-refractivity contribution in [3.63, 3.8) is 0 Å². The molecule has 1 fully saturated rings. The number of rotatable bonds is 1. The number of hydrogen-bond donors (Lipinski definition) is 1. The average molecular weight is 151 g/mol. The Morgan fingerprint density at radius 2 is 2.09 bits per heavy atom. The molecule has 11 heavy (non-hydrogen) atoms. The van der Waals surface area contributed by atoms with Gasteiger partial charge in [-0.2, -0.15) is 0 Å². The van der Waals surface area contributed by atoms with Crippen molar-refractivity contribution in [2.24, 2.45) is 29.4 Å². The molecule has 0 heterocycles. The van der Waals surface area contributed by atoms with E-state index in [1.54, 1.807) is 0 Å². The Morgan fingerprint density at radius 3 is 2.45 bits per heavy atom. The molecule has 1 saturated carbocycles. The zero-order chi connectivity index (χ0) is 8.01. The summed E-state index contributed by atoms with van der Waals surface area (Å²) in [6, 6.07) is 0. The Bertz CT molecular complexity index is 222. The largest absolute Gasteiger partial charge is 0.369 e. The number of allylic oxidation sites excluding steroid dienone is 2. The summed E-state index contributed by atoms with van der Waals surface area (Å²) < 4.78 is 0. The zero-order valence-corrected chi connectivity index (χ0v) is 6.66. The lowest BCUT2D eigenvalue weighted by molar-refractivity contribution is -0.123. The molecule has 0 aromatic carbocycles. The molecule has 2 aliphatic rings. The third-order valence-electron chi connectivity index (χ3n) is 3.18. The molecule has 0 aromatic rings. The number of hydrogen-bond acceptors (Lipinski definition) is 1. The molecule has 2 rings (SSSR count). The summed E-state index contributed by atoms with van der Waals surface area (Å²) in [5.41, 5.74) is 5.30. The van der Waals surface area contributed by atoms with E-state index in [9.17, 15) is 4.79 Å². The summed E-state index contributed by atoms with van der Waals surface area (Å²) in [7, 11) is 0. The maximum Gasteiger partial charge on any atom is 0.221 e. The minimum absolute atomic E-state index is 0.116. The maximum atomic E-state index is 11.0. The van der Waals surface area contributed by atoms with Crippen LogP contribution in [0.15, 0.2) is 12.2 Å². The smallest absolute Gasteiger partial charge is 0.221 e. The Labute approximate surface area is 66.5 Å². The molecule has 0 unspecified atom stereocenters. The summed E-state index contributed by atoms with van der Waals surface area (Å²) in [6.45, 7) is 2.13. The van der Waals surface area contributed by atoms with E-state index in [2.05, 4.69) is 19.1 Å². The van der Waals surface area contributed by atoms with Gasteiger partial charge in [-0.3, -0.25) is 4.79 Å². The lowest BCUT2D eigenvalue weighted by Crippen LogP contribution is -2.31. The average Bonchev–Trinajstić information content (AvgIpc) is 2.44. The Balaban J connectivity index is 2.25. The highest BCUT2D eigenvalue weighted by Gasteiger charge is 2.44. The first-order valence-corrected chi connectivity index (χ1v) is 4.18. The van der Waals surface area contributed by atoms with Crippen LogP contribution < -0.4 is 5.73 Å². The fourth-order valence-electron chi connectivity index (χ4n) is 2.54. The molecule has 2 N–H and O–H groups in total. The van der Waals surface area contributed by atoms with Gasteiger partial charge in [-0.05, 0) is 24.2 Å². The second-order valence-corrected chi connectivity index (χ2v) is 3.74. The molecule has 2 heteroatoms. The molecular formula is C9H13NO. The van der Waals surface area contributed by atoms with E-state index in [1.165, 1.54) is 0 Å². The number of amides is 1. The lowest BCUT2D eigenvalue weighted by Gasteiger charge is -2.20. The van der Waals surface area contributed by atoms with E-state index in [4.69, 9.17) is 5.73 Å². The van der Waals surface area contributed by atoms with Crippen molar-refractivity contribution in [3.05, 3.63) is 12.2 Å². The summed E-state index contributed by atoms with van der Waals surface area (Å²) in [4.78, 5) is 11.0. The molecular weight excluding hydrogens is 138 g/mol. The fourth-order valence-corrected chi connectivity index (χ4v) is 2.54. The standard InChI is InChI=1S/C9H13NO/c1-5-6-2-3-7(4-6)8(5)9(10)11/h2-3,5-8H,4H2,1H3,(H2,10,11)/t5-,6-,7+,8+/m0/s1. The zero-order valence-electron chi connectivity index (χ0n) is 6.66. The van der Waals surface area contributed by atoms with Gasteiger partial charge in [-0.25, -0.2) is 0 Å². The van der Waals surface area contributed by atoms with Crippen LogP contribution >= 0.6 is 0 Å². The third kappa shape index (κ3) is 0.817. The molecule has 2 nitrogen and oxygen atoms in total. The van der Waals surface area contributed by atoms with Crippen molar-refractivity contribution < 1.29 is 4.79 Å². The molecule has 2 aliphatic carbocycles. The lowest BCUT2D eigenvalue weighted by atomic mass is 9.84. The molecule has 0 aliphatic heterocycles. The first-order valence-electron chi connectivity index (χ1n) is 4.18. The van der Waals surface area contributed by atoms with Gasteiger partial charge in [-0.15, -0.1) is 0 Å². The van der Waals surface area contributed by atoms with Gasteiger partial charge in [0.1, 0.15) is 0 Å². The Kier molecular flexibility index (Phi) is 1.31. The van der Waals surface area contributed by atoms with Crippen molar-refractivity contribution in [2.75, 3.05) is 0 Å². The molecule has 0 saturated heterocycles. The van der Waals surface area contributed by atoms with Crippen molar-refractivity contribution in [3.8, 4) is 0 Å². The highest BCUT2D eigenvalue weighted by Crippen LogP contribution is 2.47. The van der Waals surface area contributed by atoms with E-state index in [0.29, 0.717) is 17.8 Å². The van der Waals surface area contributed by atoms with Crippen molar-refractivity contribution in [1.82, 2.24) is 0 Å². The quantitative estimate of drug-likeness (QED) is 0.556. The first-order chi connectivity index (χ1) is 5.20. The molecule has 2 bridgehead atoms. The Morgan fingerprint density at radius 1 is 1.45 bits per heavy atom. The van der Waals surface area contributed by atoms with E-state index in [1.807, 2.05) is 0 Å². The predicted octanol–water partition coefficient (Wildman–Crippen LogP) is 0.930. The van der Waals surface area contributed by atoms with Crippen LogP contribution in [0.5, 0.6) is 0 Å². The fraction of sp³-hybridized carbons (Fsp3) is 0.667. The summed E-state index contributed by atoms with van der Waals surface area (Å²) in [5.74, 6) is 1.55. The van der Waals surface area contributed by atoms with Gasteiger partial charge >= 0.3 is 0 Å².